The standard InChI is InChI=1S/C15H20FNO4/c1-9(2)7-13(18)14(19)17-12(15(20)21)8-10-5-3-4-6-11(10)16/h3-6,9,12-13,18H,7-8H2,1-2H3,(H,17,19)(H,20,21)/t12-,13-/m0/s1. The number of hydrogen-bond donors (Lipinski definition) is 3. The van der Waals surface area contributed by atoms with Crippen LogP contribution in [-0.4, -0.2) is 34.2 Å². The second-order valence-corrected chi connectivity index (χ2v) is 5.34. The molecular weight excluding hydrogens is 277 g/mol. The molecule has 0 radical (unpaired) electrons. The first-order valence-corrected chi connectivity index (χ1v) is 6.76. The summed E-state index contributed by atoms with van der Waals surface area (Å²) in [5.41, 5.74) is 0.198. The molecule has 0 unspecified atom stereocenters. The number of benzene rings is 1. The molecule has 1 aromatic carbocycles. The molecule has 0 saturated heterocycles. The van der Waals surface area contributed by atoms with Gasteiger partial charge in [-0.2, -0.15) is 0 Å². The van der Waals surface area contributed by atoms with E-state index in [4.69, 9.17) is 5.11 Å². The van der Waals surface area contributed by atoms with Crippen LogP contribution in [0, 0.1) is 11.7 Å². The zero-order valence-corrected chi connectivity index (χ0v) is 12.0. The molecule has 1 amide bonds. The third-order valence-corrected chi connectivity index (χ3v) is 2.99. The Bertz CT molecular complexity index is 504. The fourth-order valence-electron chi connectivity index (χ4n) is 1.91. The van der Waals surface area contributed by atoms with Gasteiger partial charge in [0.05, 0.1) is 0 Å². The smallest absolute Gasteiger partial charge is 0.326 e. The van der Waals surface area contributed by atoms with Crippen LogP contribution in [0.3, 0.4) is 0 Å². The molecule has 0 aliphatic heterocycles. The Hall–Kier alpha value is -1.95. The van der Waals surface area contributed by atoms with Crippen molar-refractivity contribution in [3.05, 3.63) is 35.6 Å². The lowest BCUT2D eigenvalue weighted by Gasteiger charge is -2.18. The highest BCUT2D eigenvalue weighted by molar-refractivity contribution is 5.86. The topological polar surface area (TPSA) is 86.6 Å². The van der Waals surface area contributed by atoms with Crippen molar-refractivity contribution in [2.24, 2.45) is 5.92 Å². The summed E-state index contributed by atoms with van der Waals surface area (Å²) in [6.45, 7) is 3.68. The summed E-state index contributed by atoms with van der Waals surface area (Å²) in [6.07, 6.45) is -1.22. The fraction of sp³-hybridized carbons (Fsp3) is 0.467. The molecule has 0 spiro atoms. The molecule has 0 aliphatic carbocycles. The van der Waals surface area contributed by atoms with E-state index >= 15 is 0 Å². The molecular formula is C15H20FNO4. The molecule has 21 heavy (non-hydrogen) atoms. The largest absolute Gasteiger partial charge is 0.480 e. The first-order valence-electron chi connectivity index (χ1n) is 6.76. The first-order chi connectivity index (χ1) is 9.81. The quantitative estimate of drug-likeness (QED) is 0.709. The second-order valence-electron chi connectivity index (χ2n) is 5.34. The highest BCUT2D eigenvalue weighted by Gasteiger charge is 2.25. The summed E-state index contributed by atoms with van der Waals surface area (Å²) in [4.78, 5) is 22.9. The number of nitrogens with one attached hydrogen (secondary N) is 1. The van der Waals surface area contributed by atoms with Crippen LogP contribution in [0.2, 0.25) is 0 Å². The number of carbonyl (C=O) groups excluding carboxylic acids is 1. The predicted octanol–water partition coefficient (Wildman–Crippen LogP) is 1.34. The van der Waals surface area contributed by atoms with Crippen LogP contribution in [0.25, 0.3) is 0 Å². The lowest BCUT2D eigenvalue weighted by atomic mass is 10.0. The average molecular weight is 297 g/mol. The molecule has 1 rings (SSSR count). The van der Waals surface area contributed by atoms with Gasteiger partial charge in [-0.1, -0.05) is 32.0 Å². The summed E-state index contributed by atoms with van der Waals surface area (Å²) < 4.78 is 13.5. The molecule has 5 nitrogen and oxygen atoms in total. The van der Waals surface area contributed by atoms with Gasteiger partial charge in [-0.3, -0.25) is 4.79 Å². The third-order valence-electron chi connectivity index (χ3n) is 2.99. The van der Waals surface area contributed by atoms with Crippen LogP contribution in [0.4, 0.5) is 4.39 Å². The minimum atomic E-state index is -1.28. The molecule has 0 aliphatic rings. The highest BCUT2D eigenvalue weighted by Crippen LogP contribution is 2.10. The van der Waals surface area contributed by atoms with E-state index in [1.54, 1.807) is 6.07 Å². The van der Waals surface area contributed by atoms with Gasteiger partial charge in [0.1, 0.15) is 18.0 Å². The van der Waals surface area contributed by atoms with E-state index in [2.05, 4.69) is 5.32 Å². The van der Waals surface area contributed by atoms with Gasteiger partial charge in [0.15, 0.2) is 0 Å². The summed E-state index contributed by atoms with van der Waals surface area (Å²) >= 11 is 0. The fourth-order valence-corrected chi connectivity index (χ4v) is 1.91. The van der Waals surface area contributed by atoms with Crippen LogP contribution >= 0.6 is 0 Å². The van der Waals surface area contributed by atoms with Crippen LogP contribution in [0.5, 0.6) is 0 Å². The Morgan fingerprint density at radius 1 is 1.29 bits per heavy atom. The molecule has 116 valence electrons. The van der Waals surface area contributed by atoms with E-state index < -0.39 is 29.8 Å². The number of carboxylic acids is 1. The maximum atomic E-state index is 13.5. The Morgan fingerprint density at radius 3 is 2.43 bits per heavy atom. The SMILES string of the molecule is CC(C)C[C@H](O)C(=O)N[C@@H](Cc1ccccc1F)C(=O)O. The Morgan fingerprint density at radius 2 is 1.90 bits per heavy atom. The van der Waals surface area contributed by atoms with Crippen molar-refractivity contribution in [3.63, 3.8) is 0 Å². The molecule has 0 fully saturated rings. The van der Waals surface area contributed by atoms with Gasteiger partial charge in [-0.15, -0.1) is 0 Å². The minimum absolute atomic E-state index is 0.0978. The zero-order valence-electron chi connectivity index (χ0n) is 12.0. The van der Waals surface area contributed by atoms with Crippen molar-refractivity contribution in [1.29, 1.82) is 0 Å². The van der Waals surface area contributed by atoms with Crippen molar-refractivity contribution in [2.45, 2.75) is 38.8 Å². The number of aliphatic carboxylic acids is 1. The molecule has 1 aromatic rings. The van der Waals surface area contributed by atoms with Gasteiger partial charge in [-0.25, -0.2) is 9.18 Å². The predicted molar refractivity (Wildman–Crippen MR) is 75.1 cm³/mol. The average Bonchev–Trinajstić information content (AvgIpc) is 2.39. The van der Waals surface area contributed by atoms with E-state index in [1.807, 2.05) is 13.8 Å². The molecule has 6 heteroatoms. The minimum Gasteiger partial charge on any atom is -0.480 e. The van der Waals surface area contributed by atoms with Crippen molar-refractivity contribution in [1.82, 2.24) is 5.32 Å². The van der Waals surface area contributed by atoms with E-state index in [0.717, 1.165) is 0 Å². The van der Waals surface area contributed by atoms with Gasteiger partial charge < -0.3 is 15.5 Å². The molecule has 0 aromatic heterocycles. The number of rotatable bonds is 7. The Labute approximate surface area is 122 Å². The summed E-state index contributed by atoms with van der Waals surface area (Å²) in [5, 5.41) is 21.0. The van der Waals surface area contributed by atoms with Gasteiger partial charge in [0.2, 0.25) is 5.91 Å². The van der Waals surface area contributed by atoms with Crippen LogP contribution in [0.15, 0.2) is 24.3 Å². The Balaban J connectivity index is 2.73. The normalized spacial score (nSPS) is 13.8. The van der Waals surface area contributed by atoms with E-state index in [0.29, 0.717) is 0 Å². The number of hydrogen-bond acceptors (Lipinski definition) is 3. The zero-order chi connectivity index (χ0) is 16.0. The van der Waals surface area contributed by atoms with Gasteiger partial charge in [-0.05, 0) is 24.0 Å². The maximum Gasteiger partial charge on any atom is 0.326 e. The number of amides is 1. The number of halogens is 1. The maximum absolute atomic E-state index is 13.5. The Kier molecular flexibility index (Phi) is 6.30. The van der Waals surface area contributed by atoms with E-state index in [1.165, 1.54) is 18.2 Å². The lowest BCUT2D eigenvalue weighted by molar-refractivity contribution is -0.143. The van der Waals surface area contributed by atoms with E-state index in [-0.39, 0.29) is 24.3 Å². The molecule has 0 bridgehead atoms. The van der Waals surface area contributed by atoms with Crippen LogP contribution in [-0.2, 0) is 16.0 Å². The van der Waals surface area contributed by atoms with E-state index in [9.17, 15) is 19.1 Å². The van der Waals surface area contributed by atoms with Crippen molar-refractivity contribution in [3.8, 4) is 0 Å². The third kappa shape index (κ3) is 5.51. The van der Waals surface area contributed by atoms with Crippen molar-refractivity contribution in [2.75, 3.05) is 0 Å². The van der Waals surface area contributed by atoms with Crippen molar-refractivity contribution >= 4 is 11.9 Å². The van der Waals surface area contributed by atoms with Gasteiger partial charge >= 0.3 is 5.97 Å². The van der Waals surface area contributed by atoms with Gasteiger partial charge in [0, 0.05) is 6.42 Å². The van der Waals surface area contributed by atoms with Gasteiger partial charge in [0.25, 0.3) is 0 Å². The number of carbonyl (C=O) groups is 2. The molecule has 0 heterocycles. The summed E-state index contributed by atoms with van der Waals surface area (Å²) in [7, 11) is 0. The first kappa shape index (κ1) is 17.1. The highest BCUT2D eigenvalue weighted by atomic mass is 19.1. The number of carboxylic acid groups (broad SMARTS) is 1. The summed E-state index contributed by atoms with van der Waals surface area (Å²) in [5.74, 6) is -2.46. The monoisotopic (exact) mass is 297 g/mol. The molecule has 2 atom stereocenters. The lowest BCUT2D eigenvalue weighted by Crippen LogP contribution is -2.47. The number of aliphatic hydroxyl groups is 1. The van der Waals surface area contributed by atoms with Crippen LogP contribution < -0.4 is 5.32 Å². The van der Waals surface area contributed by atoms with Crippen molar-refractivity contribution < 1.29 is 24.2 Å². The summed E-state index contributed by atoms with van der Waals surface area (Å²) in [6, 6.07) is 4.49. The molecule has 3 N–H and O–H groups in total. The van der Waals surface area contributed by atoms with Crippen LogP contribution in [0.1, 0.15) is 25.8 Å². The second kappa shape index (κ2) is 7.73. The molecule has 0 saturated carbocycles. The number of aliphatic hydroxyl groups excluding tert-OH is 1.